The number of aryl methyl sites for hydroxylation is 1. The lowest BCUT2D eigenvalue weighted by atomic mass is 10.00. The molecule has 1 aliphatic rings. The van der Waals surface area contributed by atoms with E-state index in [9.17, 15) is 9.59 Å². The molecule has 0 spiro atoms. The molecule has 2 rings (SSSR count). The smallest absolute Gasteiger partial charge is 0.247 e. The quantitative estimate of drug-likeness (QED) is 0.727. The third-order valence-corrected chi connectivity index (χ3v) is 2.68. The number of fused-ring (bicyclic) bond motifs is 1. The van der Waals surface area contributed by atoms with Gasteiger partial charge < -0.3 is 5.73 Å². The monoisotopic (exact) mass is 229 g/mol. The van der Waals surface area contributed by atoms with Crippen LogP contribution in [0.15, 0.2) is 18.2 Å². The van der Waals surface area contributed by atoms with Gasteiger partial charge in [-0.3, -0.25) is 9.59 Å². The molecule has 0 saturated carbocycles. The van der Waals surface area contributed by atoms with Crippen LogP contribution in [0.3, 0.4) is 0 Å². The van der Waals surface area contributed by atoms with Gasteiger partial charge in [0.05, 0.1) is 11.8 Å². The van der Waals surface area contributed by atoms with Crippen LogP contribution in [0.5, 0.6) is 0 Å². The van der Waals surface area contributed by atoms with Gasteiger partial charge in [0.2, 0.25) is 11.8 Å². The first-order chi connectivity index (χ1) is 8.13. The molecular weight excluding hydrogens is 218 g/mol. The van der Waals surface area contributed by atoms with Crippen molar-refractivity contribution in [1.29, 1.82) is 5.26 Å². The average Bonchev–Trinajstić information content (AvgIpc) is 2.29. The van der Waals surface area contributed by atoms with E-state index in [1.165, 1.54) is 0 Å². The van der Waals surface area contributed by atoms with Gasteiger partial charge in [-0.2, -0.15) is 5.26 Å². The zero-order chi connectivity index (χ0) is 12.4. The number of rotatable bonds is 1. The van der Waals surface area contributed by atoms with Crippen molar-refractivity contribution in [3.63, 3.8) is 0 Å². The summed E-state index contributed by atoms with van der Waals surface area (Å²) in [4.78, 5) is 24.5. The van der Waals surface area contributed by atoms with E-state index in [1.54, 1.807) is 24.3 Å². The predicted molar refractivity (Wildman–Crippen MR) is 61.9 cm³/mol. The second-order valence-corrected chi connectivity index (χ2v) is 3.85. The molecule has 0 saturated heterocycles. The molecule has 0 aliphatic carbocycles. The van der Waals surface area contributed by atoms with E-state index >= 15 is 0 Å². The number of carbonyl (C=O) groups is 2. The van der Waals surface area contributed by atoms with Crippen LogP contribution in [0.4, 0.5) is 11.4 Å². The Labute approximate surface area is 98.4 Å². The maximum absolute atomic E-state index is 11.7. The predicted octanol–water partition coefficient (Wildman–Crippen LogP) is 0.988. The fraction of sp³-hybridized carbons (Fsp3) is 0.250. The number of hydrogen-bond acceptors (Lipinski definition) is 4. The number of amides is 2. The second kappa shape index (κ2) is 4.26. The lowest BCUT2D eigenvalue weighted by Crippen LogP contribution is -2.40. The number of imide groups is 1. The molecule has 1 aliphatic heterocycles. The summed E-state index contributed by atoms with van der Waals surface area (Å²) in [5.41, 5.74) is 7.68. The zero-order valence-electron chi connectivity index (χ0n) is 9.14. The first-order valence-electron chi connectivity index (χ1n) is 5.24. The minimum atomic E-state index is -0.483. The first kappa shape index (κ1) is 11.1. The maximum atomic E-state index is 11.7. The van der Waals surface area contributed by atoms with Crippen LogP contribution in [-0.2, 0) is 16.0 Å². The highest BCUT2D eigenvalue weighted by molar-refractivity contribution is 6.16. The summed E-state index contributed by atoms with van der Waals surface area (Å²) in [7, 11) is 0. The third-order valence-electron chi connectivity index (χ3n) is 2.68. The standard InChI is InChI=1S/C12H11N3O2/c13-6-5-12(17)15-10-3-2-9(14)7-8(10)1-4-11(15)16/h2-3,7H,1,4-5,14H2. The van der Waals surface area contributed by atoms with Crippen molar-refractivity contribution in [1.82, 2.24) is 0 Å². The highest BCUT2D eigenvalue weighted by Gasteiger charge is 2.29. The number of carbonyl (C=O) groups excluding carboxylic acids is 2. The van der Waals surface area contributed by atoms with Crippen LogP contribution >= 0.6 is 0 Å². The number of nitrogens with zero attached hydrogens (tertiary/aromatic N) is 2. The summed E-state index contributed by atoms with van der Waals surface area (Å²) in [6.45, 7) is 0. The normalized spacial score (nSPS) is 14.1. The molecule has 2 N–H and O–H groups in total. The molecule has 86 valence electrons. The number of nitrogen functional groups attached to an aromatic ring is 1. The topological polar surface area (TPSA) is 87.2 Å². The van der Waals surface area contributed by atoms with Gasteiger partial charge in [-0.25, -0.2) is 4.90 Å². The van der Waals surface area contributed by atoms with E-state index in [0.29, 0.717) is 17.8 Å². The molecule has 1 heterocycles. The van der Waals surface area contributed by atoms with Crippen molar-refractivity contribution in [3.8, 4) is 6.07 Å². The van der Waals surface area contributed by atoms with Crippen LogP contribution in [0.25, 0.3) is 0 Å². The van der Waals surface area contributed by atoms with E-state index < -0.39 is 5.91 Å². The van der Waals surface area contributed by atoms with E-state index in [2.05, 4.69) is 0 Å². The Bertz CT molecular complexity index is 531. The SMILES string of the molecule is N#CCC(=O)N1C(=O)CCc2cc(N)ccc21. The second-order valence-electron chi connectivity index (χ2n) is 3.85. The van der Waals surface area contributed by atoms with Crippen molar-refractivity contribution >= 4 is 23.2 Å². The molecule has 5 heteroatoms. The van der Waals surface area contributed by atoms with Crippen LogP contribution in [0, 0.1) is 11.3 Å². The number of nitriles is 1. The summed E-state index contributed by atoms with van der Waals surface area (Å²) < 4.78 is 0. The van der Waals surface area contributed by atoms with Crippen LogP contribution in [-0.4, -0.2) is 11.8 Å². The van der Waals surface area contributed by atoms with Gasteiger partial charge in [-0.15, -0.1) is 0 Å². The molecular formula is C12H11N3O2. The fourth-order valence-corrected chi connectivity index (χ4v) is 1.93. The fourth-order valence-electron chi connectivity index (χ4n) is 1.93. The molecule has 1 aromatic rings. The summed E-state index contributed by atoms with van der Waals surface area (Å²) in [6, 6.07) is 6.81. The molecule has 17 heavy (non-hydrogen) atoms. The molecule has 2 amide bonds. The maximum Gasteiger partial charge on any atom is 0.247 e. The van der Waals surface area contributed by atoms with E-state index in [-0.39, 0.29) is 18.7 Å². The Balaban J connectivity index is 2.44. The van der Waals surface area contributed by atoms with Crippen molar-refractivity contribution < 1.29 is 9.59 Å². The minimum absolute atomic E-state index is 0.262. The molecule has 0 radical (unpaired) electrons. The van der Waals surface area contributed by atoms with Gasteiger partial charge in [0.1, 0.15) is 6.42 Å². The lowest BCUT2D eigenvalue weighted by Gasteiger charge is -2.27. The highest BCUT2D eigenvalue weighted by Crippen LogP contribution is 2.29. The summed E-state index contributed by atoms with van der Waals surface area (Å²) in [5.74, 6) is -0.745. The van der Waals surface area contributed by atoms with Gasteiger partial charge in [-0.1, -0.05) is 0 Å². The van der Waals surface area contributed by atoms with Gasteiger partial charge in [-0.05, 0) is 30.2 Å². The van der Waals surface area contributed by atoms with E-state index in [0.717, 1.165) is 10.5 Å². The Hall–Kier alpha value is -2.35. The minimum Gasteiger partial charge on any atom is -0.399 e. The number of benzene rings is 1. The molecule has 0 unspecified atom stereocenters. The molecule has 1 aromatic carbocycles. The van der Waals surface area contributed by atoms with Gasteiger partial charge >= 0.3 is 0 Å². The first-order valence-corrected chi connectivity index (χ1v) is 5.24. The van der Waals surface area contributed by atoms with Gasteiger partial charge in [0.15, 0.2) is 0 Å². The molecule has 0 aromatic heterocycles. The van der Waals surface area contributed by atoms with E-state index in [1.807, 2.05) is 0 Å². The average molecular weight is 229 g/mol. The summed E-state index contributed by atoms with van der Waals surface area (Å²) in [6.07, 6.45) is 0.554. The Morgan fingerprint density at radius 2 is 2.24 bits per heavy atom. The van der Waals surface area contributed by atoms with Gasteiger partial charge in [0.25, 0.3) is 0 Å². The number of anilines is 2. The third kappa shape index (κ3) is 1.97. The van der Waals surface area contributed by atoms with Gasteiger partial charge in [0, 0.05) is 12.1 Å². The molecule has 0 fully saturated rings. The molecule has 0 bridgehead atoms. The summed E-state index contributed by atoms with van der Waals surface area (Å²) >= 11 is 0. The Morgan fingerprint density at radius 3 is 2.94 bits per heavy atom. The molecule has 0 atom stereocenters. The molecule has 5 nitrogen and oxygen atoms in total. The Morgan fingerprint density at radius 1 is 1.47 bits per heavy atom. The largest absolute Gasteiger partial charge is 0.399 e. The highest BCUT2D eigenvalue weighted by atomic mass is 16.2. The van der Waals surface area contributed by atoms with E-state index in [4.69, 9.17) is 11.0 Å². The lowest BCUT2D eigenvalue weighted by molar-refractivity contribution is -0.126. The van der Waals surface area contributed by atoms with Crippen molar-refractivity contribution in [3.05, 3.63) is 23.8 Å². The van der Waals surface area contributed by atoms with Crippen LogP contribution < -0.4 is 10.6 Å². The zero-order valence-corrected chi connectivity index (χ0v) is 9.14. The van der Waals surface area contributed by atoms with Crippen LogP contribution in [0.2, 0.25) is 0 Å². The summed E-state index contributed by atoms with van der Waals surface area (Å²) in [5, 5.41) is 8.52. The number of hydrogen-bond donors (Lipinski definition) is 1. The van der Waals surface area contributed by atoms with Crippen molar-refractivity contribution in [2.75, 3.05) is 10.6 Å². The van der Waals surface area contributed by atoms with Crippen LogP contribution in [0.1, 0.15) is 18.4 Å². The Kier molecular flexibility index (Phi) is 2.79. The van der Waals surface area contributed by atoms with Crippen molar-refractivity contribution in [2.45, 2.75) is 19.3 Å². The number of nitrogens with two attached hydrogens (primary N) is 1. The van der Waals surface area contributed by atoms with Crippen molar-refractivity contribution in [2.24, 2.45) is 0 Å².